The number of hydrogen-bond acceptors (Lipinski definition) is 7. The highest BCUT2D eigenvalue weighted by Crippen LogP contribution is 2.31. The quantitative estimate of drug-likeness (QED) is 0.319. The van der Waals surface area contributed by atoms with Crippen LogP contribution in [-0.2, 0) is 9.53 Å². The summed E-state index contributed by atoms with van der Waals surface area (Å²) < 4.78 is 12.6. The first-order chi connectivity index (χ1) is 14.8. The van der Waals surface area contributed by atoms with Crippen molar-refractivity contribution in [1.29, 1.82) is 5.26 Å². The molecule has 0 aliphatic carbocycles. The normalized spacial score (nSPS) is 12.5. The van der Waals surface area contributed by atoms with Crippen LogP contribution in [-0.4, -0.2) is 35.7 Å². The molecule has 2 heterocycles. The van der Waals surface area contributed by atoms with Gasteiger partial charge in [-0.25, -0.2) is 4.98 Å². The van der Waals surface area contributed by atoms with Crippen LogP contribution < -0.4 is 10.1 Å². The zero-order chi connectivity index (χ0) is 22.7. The Morgan fingerprint density at radius 3 is 2.71 bits per heavy atom. The third kappa shape index (κ3) is 8.84. The summed E-state index contributed by atoms with van der Waals surface area (Å²) in [6.45, 7) is 9.05. The van der Waals surface area contributed by atoms with Gasteiger partial charge in [0.2, 0.25) is 5.88 Å². The fourth-order valence-electron chi connectivity index (χ4n) is 3.17. The fraction of sp³-hybridized carbons (Fsp3) is 0.625. The number of nitriles is 1. The molecule has 0 saturated heterocycles. The van der Waals surface area contributed by atoms with E-state index in [0.29, 0.717) is 24.4 Å². The first-order valence-electron chi connectivity index (χ1n) is 11.2. The summed E-state index contributed by atoms with van der Waals surface area (Å²) in [6.07, 6.45) is 8.42. The molecule has 7 heteroatoms. The summed E-state index contributed by atoms with van der Waals surface area (Å²) in [7, 11) is 0. The first-order valence-corrected chi connectivity index (χ1v) is 12.1. The van der Waals surface area contributed by atoms with E-state index in [1.54, 1.807) is 11.6 Å². The van der Waals surface area contributed by atoms with Gasteiger partial charge in [0.1, 0.15) is 18.8 Å². The lowest BCUT2D eigenvalue weighted by atomic mass is 10.1. The summed E-state index contributed by atoms with van der Waals surface area (Å²) in [5.74, 6) is 0.210. The summed E-state index contributed by atoms with van der Waals surface area (Å²) in [4.78, 5) is 16.7. The molecule has 0 aliphatic rings. The number of unbranched alkanes of at least 4 members (excludes halogenated alkanes) is 5. The van der Waals surface area contributed by atoms with E-state index >= 15 is 0 Å². The van der Waals surface area contributed by atoms with Crippen LogP contribution in [0, 0.1) is 11.3 Å². The molecule has 0 amide bonds. The zero-order valence-corrected chi connectivity index (χ0v) is 20.0. The number of thiophene rings is 1. The number of ether oxygens (including phenoxy) is 2. The van der Waals surface area contributed by atoms with Crippen molar-refractivity contribution in [2.75, 3.05) is 13.2 Å². The van der Waals surface area contributed by atoms with Crippen molar-refractivity contribution in [3.8, 4) is 11.9 Å². The van der Waals surface area contributed by atoms with Gasteiger partial charge in [-0.3, -0.25) is 4.79 Å². The number of fused-ring (bicyclic) bond motifs is 1. The lowest BCUT2D eigenvalue weighted by molar-refractivity contribution is -0.150. The monoisotopic (exact) mass is 445 g/mol. The van der Waals surface area contributed by atoms with Gasteiger partial charge in [-0.1, -0.05) is 39.0 Å². The van der Waals surface area contributed by atoms with E-state index in [9.17, 15) is 10.1 Å². The molecule has 1 atom stereocenters. The maximum Gasteiger partial charge on any atom is 0.306 e. The largest absolute Gasteiger partial charge is 0.473 e. The van der Waals surface area contributed by atoms with Gasteiger partial charge in [0, 0.05) is 34.8 Å². The molecule has 0 bridgehead atoms. The number of esters is 1. The molecule has 0 radical (unpaired) electrons. The number of carbonyl (C=O) groups excluding carboxylic acids is 1. The van der Waals surface area contributed by atoms with Crippen molar-refractivity contribution in [3.05, 3.63) is 23.2 Å². The van der Waals surface area contributed by atoms with Crippen molar-refractivity contribution >= 4 is 27.4 Å². The number of nitrogens with zero attached hydrogens (tertiary/aromatic N) is 2. The topological polar surface area (TPSA) is 84.2 Å². The molecule has 170 valence electrons. The van der Waals surface area contributed by atoms with Crippen LogP contribution in [0.2, 0.25) is 0 Å². The Bertz CT molecular complexity index is 867. The molecule has 0 saturated carbocycles. The molecular formula is C24H35N3O3S. The minimum Gasteiger partial charge on any atom is -0.473 e. The highest BCUT2D eigenvalue weighted by molar-refractivity contribution is 7.17. The van der Waals surface area contributed by atoms with E-state index in [1.165, 1.54) is 30.6 Å². The molecular weight excluding hydrogens is 410 g/mol. The molecule has 0 spiro atoms. The second kappa shape index (κ2) is 12.6. The maximum atomic E-state index is 12.4. The predicted molar refractivity (Wildman–Crippen MR) is 125 cm³/mol. The first kappa shape index (κ1) is 25.1. The average molecular weight is 446 g/mol. The smallest absolute Gasteiger partial charge is 0.306 e. The number of hydrogen-bond donors (Lipinski definition) is 1. The van der Waals surface area contributed by atoms with Gasteiger partial charge in [0.05, 0.1) is 10.9 Å². The highest BCUT2D eigenvalue weighted by atomic mass is 32.1. The van der Waals surface area contributed by atoms with E-state index < -0.39 is 6.10 Å². The van der Waals surface area contributed by atoms with E-state index in [0.717, 1.165) is 29.3 Å². The minimum atomic E-state index is -0.437. The predicted octanol–water partition coefficient (Wildman–Crippen LogP) is 5.60. The molecule has 1 N–H and O–H groups in total. The van der Waals surface area contributed by atoms with Crippen LogP contribution >= 0.6 is 11.3 Å². The van der Waals surface area contributed by atoms with Crippen molar-refractivity contribution in [3.63, 3.8) is 0 Å². The molecule has 2 rings (SSSR count). The Balaban J connectivity index is 1.95. The van der Waals surface area contributed by atoms with Gasteiger partial charge >= 0.3 is 5.97 Å². The van der Waals surface area contributed by atoms with E-state index in [4.69, 9.17) is 9.47 Å². The fourth-order valence-corrected chi connectivity index (χ4v) is 4.04. The Hall–Kier alpha value is -2.17. The van der Waals surface area contributed by atoms with Gasteiger partial charge in [-0.15, -0.1) is 11.3 Å². The van der Waals surface area contributed by atoms with Crippen molar-refractivity contribution in [2.24, 2.45) is 0 Å². The van der Waals surface area contributed by atoms with Gasteiger partial charge in [0.15, 0.2) is 0 Å². The molecule has 0 fully saturated rings. The van der Waals surface area contributed by atoms with Crippen molar-refractivity contribution < 1.29 is 14.3 Å². The highest BCUT2D eigenvalue weighted by Gasteiger charge is 2.20. The Kier molecular flexibility index (Phi) is 10.2. The maximum absolute atomic E-state index is 12.4. The Labute approximate surface area is 190 Å². The van der Waals surface area contributed by atoms with E-state index in [2.05, 4.69) is 44.1 Å². The van der Waals surface area contributed by atoms with E-state index in [-0.39, 0.29) is 18.1 Å². The molecule has 0 aliphatic heterocycles. The van der Waals surface area contributed by atoms with Crippen LogP contribution in [0.25, 0.3) is 10.1 Å². The lowest BCUT2D eigenvalue weighted by Gasteiger charge is -2.25. The summed E-state index contributed by atoms with van der Waals surface area (Å²) >= 11 is 1.49. The molecule has 6 nitrogen and oxygen atoms in total. The zero-order valence-electron chi connectivity index (χ0n) is 19.2. The Morgan fingerprint density at radius 1 is 1.26 bits per heavy atom. The number of nitrogens with one attached hydrogen (secondary N) is 1. The molecule has 31 heavy (non-hydrogen) atoms. The lowest BCUT2D eigenvalue weighted by Crippen LogP contribution is -2.44. The molecule has 2 aromatic heterocycles. The number of carbonyl (C=O) groups is 1. The second-order valence-electron chi connectivity index (χ2n) is 8.82. The summed E-state index contributed by atoms with van der Waals surface area (Å²) in [6, 6.07) is 4.06. The van der Waals surface area contributed by atoms with Gasteiger partial charge in [-0.05, 0) is 33.3 Å². The third-order valence-electron chi connectivity index (χ3n) is 4.87. The molecule has 2 aromatic rings. The van der Waals surface area contributed by atoms with Crippen LogP contribution in [0.1, 0.15) is 78.2 Å². The summed E-state index contributed by atoms with van der Waals surface area (Å²) in [5, 5.41) is 15.3. The average Bonchev–Trinajstić information content (AvgIpc) is 3.16. The number of aromatic nitrogens is 1. The molecule has 0 aromatic carbocycles. The molecule has 1 unspecified atom stereocenters. The van der Waals surface area contributed by atoms with Crippen LogP contribution in [0.5, 0.6) is 5.88 Å². The number of pyridine rings is 1. The minimum absolute atomic E-state index is 0.108. The van der Waals surface area contributed by atoms with Gasteiger partial charge in [-0.2, -0.15) is 5.26 Å². The van der Waals surface area contributed by atoms with Gasteiger partial charge < -0.3 is 14.8 Å². The Morgan fingerprint density at radius 2 is 2.00 bits per heavy atom. The van der Waals surface area contributed by atoms with Crippen molar-refractivity contribution in [2.45, 2.75) is 84.3 Å². The third-order valence-corrected chi connectivity index (χ3v) is 5.82. The second-order valence-corrected chi connectivity index (χ2v) is 9.73. The van der Waals surface area contributed by atoms with Crippen molar-refractivity contribution in [1.82, 2.24) is 10.3 Å². The SMILES string of the molecule is CCCCCCCCC(=O)OC(CNC(C)(C)C)COc1nccc2scc(C#N)c12. The number of rotatable bonds is 13. The van der Waals surface area contributed by atoms with Crippen LogP contribution in [0.3, 0.4) is 0 Å². The van der Waals surface area contributed by atoms with Crippen LogP contribution in [0.4, 0.5) is 0 Å². The standard InChI is InChI=1S/C24H35N3O3S/c1-5-6-7-8-9-10-11-21(28)30-19(15-27-24(2,3)4)16-29-23-22-18(14-25)17-31-20(22)12-13-26-23/h12-13,17,19,27H,5-11,15-16H2,1-4H3. The van der Waals surface area contributed by atoms with Crippen LogP contribution in [0.15, 0.2) is 17.6 Å². The van der Waals surface area contributed by atoms with Gasteiger partial charge in [0.25, 0.3) is 0 Å². The van der Waals surface area contributed by atoms with E-state index in [1.807, 2.05) is 6.07 Å². The summed E-state index contributed by atoms with van der Waals surface area (Å²) in [5.41, 5.74) is 0.441.